The minimum absolute atomic E-state index is 0.0832. The van der Waals surface area contributed by atoms with Gasteiger partial charge in [0.15, 0.2) is 11.6 Å². The Kier molecular flexibility index (Phi) is 3.75. The van der Waals surface area contributed by atoms with Crippen molar-refractivity contribution >= 4 is 39.6 Å². The van der Waals surface area contributed by atoms with E-state index in [4.69, 9.17) is 0 Å². The van der Waals surface area contributed by atoms with Gasteiger partial charge in [0.2, 0.25) is 0 Å². The predicted octanol–water partition coefficient (Wildman–Crippen LogP) is 5.12. The molecule has 19 heavy (non-hydrogen) atoms. The quantitative estimate of drug-likeness (QED) is 0.701. The number of halogens is 3. The second-order valence-corrected chi connectivity index (χ2v) is 7.65. The number of hydrogen-bond acceptors (Lipinski definition) is 2. The van der Waals surface area contributed by atoms with Crippen molar-refractivity contribution in [2.75, 3.05) is 5.32 Å². The molecule has 0 saturated heterocycles. The molecule has 1 atom stereocenters. The van der Waals surface area contributed by atoms with Crippen LogP contribution in [0.15, 0.2) is 24.3 Å². The van der Waals surface area contributed by atoms with Crippen LogP contribution in [0.25, 0.3) is 0 Å². The molecule has 0 radical (unpaired) electrons. The highest BCUT2D eigenvalue weighted by Crippen LogP contribution is 2.38. The summed E-state index contributed by atoms with van der Waals surface area (Å²) in [5.41, 5.74) is 1.49. The third kappa shape index (κ3) is 2.63. The molecular formula is C14H12F2INS. The minimum Gasteiger partial charge on any atom is -0.376 e. The molecule has 1 nitrogen and oxygen atoms in total. The average molecular weight is 391 g/mol. The second kappa shape index (κ2) is 5.36. The van der Waals surface area contributed by atoms with Crippen LogP contribution in [0.1, 0.15) is 29.3 Å². The van der Waals surface area contributed by atoms with Crippen molar-refractivity contribution in [3.63, 3.8) is 0 Å². The monoisotopic (exact) mass is 391 g/mol. The normalized spacial score (nSPS) is 18.2. The Bertz CT molecular complexity index is 611. The van der Waals surface area contributed by atoms with Gasteiger partial charge in [0.1, 0.15) is 0 Å². The van der Waals surface area contributed by atoms with Crippen LogP contribution in [-0.4, -0.2) is 0 Å². The van der Waals surface area contributed by atoms with Gasteiger partial charge >= 0.3 is 0 Å². The number of aryl methyl sites for hydroxylation is 1. The van der Waals surface area contributed by atoms with E-state index in [9.17, 15) is 8.78 Å². The predicted molar refractivity (Wildman–Crippen MR) is 82.7 cm³/mol. The van der Waals surface area contributed by atoms with Crippen molar-refractivity contribution in [2.24, 2.45) is 0 Å². The van der Waals surface area contributed by atoms with Crippen LogP contribution in [0.3, 0.4) is 0 Å². The summed E-state index contributed by atoms with van der Waals surface area (Å²) in [6, 6.07) is 6.49. The van der Waals surface area contributed by atoms with Crippen LogP contribution < -0.4 is 5.32 Å². The molecule has 0 saturated carbocycles. The molecule has 0 amide bonds. The molecule has 3 rings (SSSR count). The zero-order valence-corrected chi connectivity index (χ0v) is 13.0. The molecule has 0 bridgehead atoms. The summed E-state index contributed by atoms with van der Waals surface area (Å²) >= 11 is 4.10. The zero-order valence-electron chi connectivity index (χ0n) is 10.1. The highest BCUT2D eigenvalue weighted by Gasteiger charge is 2.23. The summed E-state index contributed by atoms with van der Waals surface area (Å²) in [6.45, 7) is 0. The van der Waals surface area contributed by atoms with E-state index in [1.54, 1.807) is 17.4 Å². The summed E-state index contributed by atoms with van der Waals surface area (Å²) in [5.74, 6) is -1.60. The number of fused-ring (bicyclic) bond motifs is 1. The largest absolute Gasteiger partial charge is 0.376 e. The summed E-state index contributed by atoms with van der Waals surface area (Å²) in [6.07, 6.45) is 3.13. The second-order valence-electron chi connectivity index (χ2n) is 4.62. The van der Waals surface area contributed by atoms with E-state index in [-0.39, 0.29) is 11.7 Å². The molecule has 1 aliphatic carbocycles. The number of rotatable bonds is 2. The molecule has 1 aromatic heterocycles. The first-order valence-electron chi connectivity index (χ1n) is 6.14. The van der Waals surface area contributed by atoms with E-state index in [1.165, 1.54) is 19.4 Å². The number of nitrogens with one attached hydrogen (secondary N) is 1. The first kappa shape index (κ1) is 13.3. The molecule has 5 heteroatoms. The lowest BCUT2D eigenvalue weighted by atomic mass is 9.94. The Labute approximate surface area is 128 Å². The topological polar surface area (TPSA) is 12.0 Å². The van der Waals surface area contributed by atoms with Gasteiger partial charge in [0.05, 0.1) is 14.6 Å². The molecule has 1 aliphatic rings. The van der Waals surface area contributed by atoms with Crippen molar-refractivity contribution < 1.29 is 8.78 Å². The highest BCUT2D eigenvalue weighted by molar-refractivity contribution is 14.1. The first-order chi connectivity index (χ1) is 9.15. The fraction of sp³-hybridized carbons (Fsp3) is 0.286. The van der Waals surface area contributed by atoms with Crippen molar-refractivity contribution in [3.8, 4) is 0 Å². The van der Waals surface area contributed by atoms with E-state index < -0.39 is 11.6 Å². The van der Waals surface area contributed by atoms with Gasteiger partial charge in [0.25, 0.3) is 0 Å². The van der Waals surface area contributed by atoms with Gasteiger partial charge in [-0.25, -0.2) is 8.78 Å². The molecule has 1 heterocycles. The first-order valence-corrected chi connectivity index (χ1v) is 8.03. The van der Waals surface area contributed by atoms with Crippen molar-refractivity contribution in [1.29, 1.82) is 0 Å². The van der Waals surface area contributed by atoms with Crippen LogP contribution in [0.5, 0.6) is 0 Å². The standard InChI is InChI=1S/C14H12F2INS/c15-9-3-1-5-11(14(9)16)18-10-4-2-6-12-8(10)7-13(17)19-12/h1,3,5,7,10,18H,2,4,6H2. The van der Waals surface area contributed by atoms with E-state index >= 15 is 0 Å². The molecule has 1 aromatic carbocycles. The van der Waals surface area contributed by atoms with E-state index in [1.807, 2.05) is 0 Å². The van der Waals surface area contributed by atoms with Gasteiger partial charge in [0, 0.05) is 4.88 Å². The number of benzene rings is 1. The molecule has 1 N–H and O–H groups in total. The lowest BCUT2D eigenvalue weighted by Gasteiger charge is -2.24. The maximum Gasteiger partial charge on any atom is 0.181 e. The Morgan fingerprint density at radius 1 is 1.32 bits per heavy atom. The molecule has 0 spiro atoms. The van der Waals surface area contributed by atoms with Crippen molar-refractivity contribution in [3.05, 3.63) is 49.2 Å². The highest BCUT2D eigenvalue weighted by atomic mass is 127. The molecule has 0 aliphatic heterocycles. The van der Waals surface area contributed by atoms with Gasteiger partial charge in [-0.3, -0.25) is 0 Å². The SMILES string of the molecule is Fc1cccc(NC2CCCc3sc(I)cc32)c1F. The van der Waals surface area contributed by atoms with Gasteiger partial charge in [-0.2, -0.15) is 0 Å². The van der Waals surface area contributed by atoms with E-state index in [0.717, 1.165) is 25.3 Å². The molecule has 1 unspecified atom stereocenters. The molecule has 100 valence electrons. The third-order valence-corrected chi connectivity index (χ3v) is 5.34. The van der Waals surface area contributed by atoms with Gasteiger partial charge in [-0.15, -0.1) is 11.3 Å². The maximum atomic E-state index is 13.7. The number of hydrogen-bond donors (Lipinski definition) is 1. The summed E-state index contributed by atoms with van der Waals surface area (Å²) < 4.78 is 28.2. The average Bonchev–Trinajstić information content (AvgIpc) is 2.76. The van der Waals surface area contributed by atoms with Gasteiger partial charge < -0.3 is 5.32 Å². The maximum absolute atomic E-state index is 13.7. The summed E-state index contributed by atoms with van der Waals surface area (Å²) in [7, 11) is 0. The zero-order chi connectivity index (χ0) is 13.4. The number of anilines is 1. The van der Waals surface area contributed by atoms with E-state index in [0.29, 0.717) is 0 Å². The van der Waals surface area contributed by atoms with Crippen LogP contribution in [-0.2, 0) is 6.42 Å². The summed E-state index contributed by atoms with van der Waals surface area (Å²) in [4.78, 5) is 1.37. The lowest BCUT2D eigenvalue weighted by Crippen LogP contribution is -2.16. The fourth-order valence-corrected chi connectivity index (χ4v) is 4.59. The molecule has 0 fully saturated rings. The Morgan fingerprint density at radius 3 is 3.00 bits per heavy atom. The Hall–Kier alpha value is -0.690. The number of thiophene rings is 1. The molecule has 2 aromatic rings. The van der Waals surface area contributed by atoms with Crippen LogP contribution in [0, 0.1) is 14.5 Å². The van der Waals surface area contributed by atoms with Gasteiger partial charge in [-0.05, 0) is 65.6 Å². The van der Waals surface area contributed by atoms with Crippen LogP contribution >= 0.6 is 33.9 Å². The van der Waals surface area contributed by atoms with E-state index in [2.05, 4.69) is 34.0 Å². The molecular weight excluding hydrogens is 379 g/mol. The lowest BCUT2D eigenvalue weighted by molar-refractivity contribution is 0.507. The van der Waals surface area contributed by atoms with Crippen LogP contribution in [0.4, 0.5) is 14.5 Å². The third-order valence-electron chi connectivity index (χ3n) is 3.37. The fourth-order valence-electron chi connectivity index (χ4n) is 2.47. The van der Waals surface area contributed by atoms with Gasteiger partial charge in [-0.1, -0.05) is 6.07 Å². The van der Waals surface area contributed by atoms with Crippen molar-refractivity contribution in [1.82, 2.24) is 0 Å². The summed E-state index contributed by atoms with van der Waals surface area (Å²) in [5, 5.41) is 3.15. The Morgan fingerprint density at radius 2 is 2.16 bits per heavy atom. The Balaban J connectivity index is 1.90. The van der Waals surface area contributed by atoms with Crippen molar-refractivity contribution in [2.45, 2.75) is 25.3 Å². The smallest absolute Gasteiger partial charge is 0.181 e. The minimum atomic E-state index is -0.805. The van der Waals surface area contributed by atoms with Crippen LogP contribution in [0.2, 0.25) is 0 Å².